The first-order valence-corrected chi connectivity index (χ1v) is 21.9. The number of anilines is 2. The van der Waals surface area contributed by atoms with Crippen LogP contribution in [0.5, 0.6) is 0 Å². The maximum atomic E-state index is 12.7. The molecule has 0 fully saturated rings. The molecule has 0 saturated heterocycles. The van der Waals surface area contributed by atoms with Gasteiger partial charge in [0.25, 0.3) is 30.4 Å². The fourth-order valence-corrected chi connectivity index (χ4v) is 7.96. The number of rotatable bonds is 11. The van der Waals surface area contributed by atoms with Crippen LogP contribution in [0.25, 0.3) is 21.5 Å². The number of nitrogens with one attached hydrogen (secondary N) is 2. The molecule has 0 spiro atoms. The van der Waals surface area contributed by atoms with Crippen LogP contribution < -0.4 is 10.6 Å². The summed E-state index contributed by atoms with van der Waals surface area (Å²) in [5.41, 5.74) is 4.41. The monoisotopic (exact) mass is 878 g/mol. The predicted molar refractivity (Wildman–Crippen MR) is 227 cm³/mol. The molecule has 0 unspecified atom stereocenters. The zero-order chi connectivity index (χ0) is 43.5. The molecule has 7 rings (SSSR count). The second-order valence-corrected chi connectivity index (χ2v) is 17.4. The summed E-state index contributed by atoms with van der Waals surface area (Å²) in [5, 5.41) is 31.7. The summed E-state index contributed by atoms with van der Waals surface area (Å²) < 4.78 is 99.4. The zero-order valence-electron chi connectivity index (χ0n) is 31.3. The Morgan fingerprint density at radius 2 is 0.951 bits per heavy atom. The van der Waals surface area contributed by atoms with Gasteiger partial charge in [-0.1, -0.05) is 24.3 Å². The lowest BCUT2D eigenvalue weighted by atomic mass is 10.1. The van der Waals surface area contributed by atoms with Crippen LogP contribution >= 0.6 is 0 Å². The molecule has 61 heavy (non-hydrogen) atoms. The van der Waals surface area contributed by atoms with E-state index in [0.29, 0.717) is 56.7 Å². The predicted octanol–water partition coefficient (Wildman–Crippen LogP) is 10.9. The molecule has 7 aromatic rings. The highest BCUT2D eigenvalue weighted by atomic mass is 32.2. The van der Waals surface area contributed by atoms with E-state index in [4.69, 9.17) is 0 Å². The smallest absolute Gasteiger partial charge is 0.308 e. The van der Waals surface area contributed by atoms with Crippen LogP contribution in [0.2, 0.25) is 0 Å². The second kappa shape index (κ2) is 16.8. The highest BCUT2D eigenvalue weighted by Gasteiger charge is 2.21. The number of hydrogen-bond acceptors (Lipinski definition) is 13. The third-order valence-corrected chi connectivity index (χ3v) is 11.5. The summed E-state index contributed by atoms with van der Waals surface area (Å²) in [7, 11) is -14.1. The Kier molecular flexibility index (Phi) is 11.6. The number of carbonyl (C=O) groups is 1. The van der Waals surface area contributed by atoms with Crippen LogP contribution in [0.4, 0.5) is 50.3 Å². The minimum Gasteiger partial charge on any atom is -0.308 e. The number of urea groups is 1. The van der Waals surface area contributed by atoms with Gasteiger partial charge in [0.1, 0.15) is 9.79 Å². The number of amides is 2. The van der Waals surface area contributed by atoms with E-state index < -0.39 is 46.2 Å². The van der Waals surface area contributed by atoms with Gasteiger partial charge in [-0.05, 0) is 132 Å². The van der Waals surface area contributed by atoms with Crippen LogP contribution in [0, 0.1) is 6.92 Å². The van der Waals surface area contributed by atoms with Gasteiger partial charge >= 0.3 is 6.03 Å². The Hall–Kier alpha value is -7.14. The first-order chi connectivity index (χ1) is 28.9. The number of azo groups is 3. The number of nitrogens with zero attached hydrogens (tertiary/aromatic N) is 6. The van der Waals surface area contributed by atoms with Crippen molar-refractivity contribution in [2.75, 3.05) is 10.6 Å². The quantitative estimate of drug-likeness (QED) is 0.0605. The molecule has 0 aliphatic heterocycles. The van der Waals surface area contributed by atoms with Crippen LogP contribution in [-0.4, -0.2) is 44.9 Å². The summed E-state index contributed by atoms with van der Waals surface area (Å²) in [6, 6.07) is 32.8. The van der Waals surface area contributed by atoms with Gasteiger partial charge in [0.15, 0.2) is 0 Å². The average Bonchev–Trinajstić information content (AvgIpc) is 3.21. The summed E-state index contributed by atoms with van der Waals surface area (Å²) in [5.74, 6) is 0. The lowest BCUT2D eigenvalue weighted by Crippen LogP contribution is -2.19. The van der Waals surface area contributed by atoms with Crippen molar-refractivity contribution in [2.45, 2.75) is 21.6 Å². The molecule has 308 valence electrons. The van der Waals surface area contributed by atoms with Gasteiger partial charge in [-0.3, -0.25) is 13.7 Å². The Labute approximate surface area is 347 Å². The number of carbonyl (C=O) groups excluding carboxylic acids is 1. The maximum Gasteiger partial charge on any atom is 0.323 e. The number of fused-ring (bicyclic) bond motifs is 2. The molecule has 18 nitrogen and oxygen atoms in total. The Balaban J connectivity index is 0.942. The number of hydrogen-bond donors (Lipinski definition) is 5. The SMILES string of the molecule is Cc1cc(N=Nc2ccc(NC(=O)Nc3ccc4cc(S(=O)(=O)O)cc(S(=O)(=O)O)c4c3)cc2)ccc1N=Nc1ccc(N=Nc2ccc3cccc(S(=O)(=O)O)c3c2)cc1. The fourth-order valence-electron chi connectivity index (χ4n) is 5.90. The summed E-state index contributed by atoms with van der Waals surface area (Å²) in [6.45, 7) is 1.85. The van der Waals surface area contributed by atoms with E-state index in [2.05, 4.69) is 41.3 Å². The molecule has 0 atom stereocenters. The summed E-state index contributed by atoms with van der Waals surface area (Å²) >= 11 is 0. The molecule has 0 saturated carbocycles. The van der Waals surface area contributed by atoms with Crippen molar-refractivity contribution in [3.05, 3.63) is 139 Å². The Morgan fingerprint density at radius 3 is 1.56 bits per heavy atom. The lowest BCUT2D eigenvalue weighted by molar-refractivity contribution is 0.262. The minimum atomic E-state index is -4.91. The average molecular weight is 879 g/mol. The summed E-state index contributed by atoms with van der Waals surface area (Å²) in [4.78, 5) is 11.0. The molecule has 0 aromatic heterocycles. The van der Waals surface area contributed by atoms with E-state index in [9.17, 15) is 43.7 Å². The van der Waals surface area contributed by atoms with Gasteiger partial charge in [0.2, 0.25) is 0 Å². The lowest BCUT2D eigenvalue weighted by Gasteiger charge is -2.11. The van der Waals surface area contributed by atoms with Gasteiger partial charge in [-0.2, -0.15) is 55.9 Å². The van der Waals surface area contributed by atoms with Gasteiger partial charge in [-0.15, -0.1) is 0 Å². The zero-order valence-corrected chi connectivity index (χ0v) is 33.8. The molecule has 2 amide bonds. The van der Waals surface area contributed by atoms with Crippen molar-refractivity contribution >= 4 is 103 Å². The molecule has 0 aliphatic rings. The number of aryl methyl sites for hydroxylation is 1. The van der Waals surface area contributed by atoms with E-state index in [-0.39, 0.29) is 21.4 Å². The highest BCUT2D eigenvalue weighted by molar-refractivity contribution is 7.87. The molecular formula is C40H30N8O10S3. The molecular weight excluding hydrogens is 849 g/mol. The van der Waals surface area contributed by atoms with E-state index >= 15 is 0 Å². The van der Waals surface area contributed by atoms with Crippen molar-refractivity contribution in [1.82, 2.24) is 0 Å². The van der Waals surface area contributed by atoms with Crippen molar-refractivity contribution in [2.24, 2.45) is 30.7 Å². The van der Waals surface area contributed by atoms with E-state index in [0.717, 1.165) is 11.6 Å². The van der Waals surface area contributed by atoms with Gasteiger partial charge in [0.05, 0.1) is 39.0 Å². The van der Waals surface area contributed by atoms with E-state index in [1.54, 1.807) is 91.0 Å². The van der Waals surface area contributed by atoms with Crippen molar-refractivity contribution in [1.29, 1.82) is 0 Å². The minimum absolute atomic E-state index is 0.0698. The third kappa shape index (κ3) is 10.4. The molecule has 0 radical (unpaired) electrons. The molecule has 0 aliphatic carbocycles. The molecule has 0 heterocycles. The Bertz CT molecular complexity index is 3310. The van der Waals surface area contributed by atoms with E-state index in [1.807, 2.05) is 6.92 Å². The van der Waals surface area contributed by atoms with Crippen molar-refractivity contribution in [3.8, 4) is 0 Å². The second-order valence-electron chi connectivity index (χ2n) is 13.2. The first kappa shape index (κ1) is 42.0. The maximum absolute atomic E-state index is 12.7. The molecule has 21 heteroatoms. The summed E-state index contributed by atoms with van der Waals surface area (Å²) in [6.07, 6.45) is 0. The molecule has 5 N–H and O–H groups in total. The van der Waals surface area contributed by atoms with Crippen LogP contribution in [0.3, 0.4) is 0 Å². The highest BCUT2D eigenvalue weighted by Crippen LogP contribution is 2.32. The van der Waals surface area contributed by atoms with Crippen molar-refractivity contribution < 1.29 is 43.7 Å². The first-order valence-electron chi connectivity index (χ1n) is 17.6. The standard InChI is InChI=1S/C40H30N8O10S3/c1-24-19-32(17-18-37(24)48-45-30-15-13-29(14-16-30)44-47-33-8-5-25-3-2-4-38(35(25)22-33)60(53,54)55)46-43-28-11-9-27(10-12-28)41-40(49)42-31-7-6-26-20-34(59(50,51)52)23-39(36(26)21-31)61(56,57)58/h2-23H,1H3,(H2,41,42,49)(H,50,51,52)(H,53,54,55)(H,56,57,58). The van der Waals surface area contributed by atoms with Gasteiger partial charge in [0, 0.05) is 22.1 Å². The van der Waals surface area contributed by atoms with Crippen LogP contribution in [-0.2, 0) is 30.4 Å². The molecule has 7 aromatic carbocycles. The largest absolute Gasteiger partial charge is 0.323 e. The van der Waals surface area contributed by atoms with Crippen LogP contribution in [0.1, 0.15) is 5.56 Å². The molecule has 0 bridgehead atoms. The normalized spacial score (nSPS) is 12.5. The van der Waals surface area contributed by atoms with Crippen LogP contribution in [0.15, 0.2) is 179 Å². The Morgan fingerprint density at radius 1 is 0.459 bits per heavy atom. The fraction of sp³-hybridized carbons (Fsp3) is 0.0250. The van der Waals surface area contributed by atoms with Gasteiger partial charge < -0.3 is 10.6 Å². The number of benzene rings is 7. The van der Waals surface area contributed by atoms with Gasteiger partial charge in [-0.25, -0.2) is 4.79 Å². The van der Waals surface area contributed by atoms with Crippen molar-refractivity contribution in [3.63, 3.8) is 0 Å². The third-order valence-electron chi connectivity index (χ3n) is 8.82. The topological polar surface area (TPSA) is 278 Å². The van der Waals surface area contributed by atoms with E-state index in [1.165, 1.54) is 30.3 Å².